The molecule has 20 aromatic rings. The van der Waals surface area contributed by atoms with E-state index in [9.17, 15) is 64.9 Å². The Morgan fingerprint density at radius 2 is 0.776 bits per heavy atom. The highest BCUT2D eigenvalue weighted by Gasteiger charge is 2.28. The maximum absolute atomic E-state index is 12.4. The number of hydrogen-bond acceptors (Lipinski definition) is 34. The number of aromatic amines is 2. The Labute approximate surface area is 771 Å². The van der Waals surface area contributed by atoms with Crippen molar-refractivity contribution in [2.45, 2.75) is 93.8 Å². The van der Waals surface area contributed by atoms with Gasteiger partial charge in [-0.05, 0) is 141 Å². The van der Waals surface area contributed by atoms with Crippen molar-refractivity contribution in [2.75, 3.05) is 54.7 Å². The molecule has 0 aromatic carbocycles. The number of nitrogen functional groups attached to an aromatic ring is 1. The highest BCUT2D eigenvalue weighted by atomic mass is 79.9. The van der Waals surface area contributed by atoms with Crippen LogP contribution in [0, 0.1) is 27.7 Å². The molecule has 20 heterocycles. The van der Waals surface area contributed by atoms with Gasteiger partial charge in [-0.15, -0.1) is 0 Å². The first kappa shape index (κ1) is 97.1. The Hall–Kier alpha value is -14.5. The third-order valence-corrected chi connectivity index (χ3v) is 24.9. The van der Waals surface area contributed by atoms with Gasteiger partial charge >= 0.3 is 12.1 Å². The van der Waals surface area contributed by atoms with Gasteiger partial charge in [-0.3, -0.25) is 32.1 Å². The first-order chi connectivity index (χ1) is 62.6. The molecular weight excluding hydrogens is 1930 g/mol. The Bertz CT molecular complexity index is 8590. The Kier molecular flexibility index (Phi) is 27.0. The van der Waals surface area contributed by atoms with Crippen molar-refractivity contribution in [3.05, 3.63) is 206 Å². The molecule has 0 aliphatic heterocycles. The molecule has 0 saturated heterocycles. The molecule has 134 heavy (non-hydrogen) atoms. The van der Waals surface area contributed by atoms with E-state index in [2.05, 4.69) is 110 Å². The second-order valence-electron chi connectivity index (χ2n) is 32.0. The van der Waals surface area contributed by atoms with E-state index in [4.69, 9.17) is 15.2 Å². The van der Waals surface area contributed by atoms with Crippen molar-refractivity contribution in [3.8, 4) is 0 Å². The molecule has 0 fully saturated rings. The van der Waals surface area contributed by atoms with Gasteiger partial charge in [0, 0.05) is 85.7 Å². The van der Waals surface area contributed by atoms with Crippen LogP contribution in [-0.2, 0) is 85.6 Å². The molecule has 0 aliphatic rings. The number of aromatic nitrogens is 28. The molecule has 0 aliphatic carbocycles. The van der Waals surface area contributed by atoms with Crippen LogP contribution in [0.1, 0.15) is 76.9 Å². The highest BCUT2D eigenvalue weighted by molar-refractivity contribution is 9.10. The minimum atomic E-state index is -3.52. The number of nitrogens with zero attached hydrogens (tertiary/aromatic N) is 27. The van der Waals surface area contributed by atoms with Crippen molar-refractivity contribution < 1.29 is 74.4 Å². The molecule has 4 N–H and O–H groups in total. The second-order valence-corrected chi connectivity index (χ2v) is 43.9. The smallest absolute Gasteiger partial charge is 0.416 e. The van der Waals surface area contributed by atoms with Gasteiger partial charge in [0.2, 0.25) is 60.1 Å². The molecular formula is C80H87BrN30O17S6. The fourth-order valence-electron chi connectivity index (χ4n) is 13.2. The van der Waals surface area contributed by atoms with E-state index in [1.165, 1.54) is 78.9 Å². The minimum Gasteiger partial charge on any atom is -0.460 e. The summed E-state index contributed by atoms with van der Waals surface area (Å²) >= 11 is 3.16. The molecule has 0 spiro atoms. The molecule has 20 rings (SSSR count). The number of carbonyl (C=O) groups is 3. The average molecular weight is 2010 g/mol. The van der Waals surface area contributed by atoms with Crippen LogP contribution in [0.15, 0.2) is 177 Å². The SMILES string of the molecule is CC(=O)CN(C(=O)OC(C)(C)C)c1cnc2c(ccn2S(C)(=O)=O)n1.CC(C)(C)OC(=O)Cc1cnc2c(ccn2S(C)(=O)=O)n1.CS(=O)(=O)n1ccc2nc(Br)cnc21.CS(=O)(=O)n1ccc2nc(N)cnc21.Cc1cn2c(cnc3[nH]ccc32)n1.Cc1cn2c(cnc3c2ccn3S(C)(=O)=O)n1.Cc1cnc2cnc3[nH]ccc3n12.Cc1cnc2cnc3c(ccn3S(C)(=O)=O)n12. The number of rotatable bonds is 11. The van der Waals surface area contributed by atoms with Crippen LogP contribution in [-0.4, -0.2) is 255 Å². The number of anilines is 2. The summed E-state index contributed by atoms with van der Waals surface area (Å²) in [5.74, 6) is -0.299. The molecule has 0 unspecified atom stereocenters. The fourth-order valence-corrected chi connectivity index (χ4v) is 17.9. The summed E-state index contributed by atoms with van der Waals surface area (Å²) in [4.78, 5) is 109. The van der Waals surface area contributed by atoms with Gasteiger partial charge in [-0.2, -0.15) is 0 Å². The standard InChI is InChI=1S/C15H20N4O5S.C13H17N3O4S.2C10H10N4O2S.2C9H8N4.C7H6BrN3O2S.C7H8N4O2S/c1-10(20)9-18(14(21)24-15(2,3)4)12-8-16-13-11(17-12)6-7-19(13)25(5,22)23;1-13(2,3)20-11(17)7-9-8-14-12-10(15-9)5-6-16(12)21(4,18)19;1-7-6-13-8-3-4-14(17(2,15)16)10(8)11-5-9(13)12-7;1-7-5-11-9-6-12-10-8(14(7)9)3-4-13(10)17(2,15)16;1-6-5-13-7-2-3-10-9(7)11-4-8(13)12-6;1-6-4-11-8-5-12-9-7(13(6)8)2-3-10-9;2*1-14(12,13)11-3-2-5-7(11)9-4-6(8)10-5/h6-8H,9H2,1-5H3;5-6,8H,7H2,1-4H3;2*3-6H,1-2H3;2*2-5,10H,1H3;2-4H,1H3;2-4H,1H3,(H2,8,10). The number of aryl methyl sites for hydroxylation is 4. The summed E-state index contributed by atoms with van der Waals surface area (Å²) in [6, 6.07) is 13.6. The van der Waals surface area contributed by atoms with Crippen molar-refractivity contribution in [1.82, 2.24) is 131 Å². The second kappa shape index (κ2) is 37.3. The molecule has 0 radical (unpaired) electrons. The van der Waals surface area contributed by atoms with E-state index in [-0.39, 0.29) is 47.2 Å². The summed E-state index contributed by atoms with van der Waals surface area (Å²) in [5, 5.41) is 0. The van der Waals surface area contributed by atoms with Gasteiger partial charge in [0.05, 0.1) is 139 Å². The average Bonchev–Trinajstić information content (AvgIpc) is 1.60. The largest absolute Gasteiger partial charge is 0.460 e. The quantitative estimate of drug-likeness (QED) is 0.103. The topological polar surface area (TPSA) is 589 Å². The van der Waals surface area contributed by atoms with E-state index in [0.29, 0.717) is 60.7 Å². The van der Waals surface area contributed by atoms with E-state index in [1.54, 1.807) is 103 Å². The summed E-state index contributed by atoms with van der Waals surface area (Å²) < 4.78 is 163. The van der Waals surface area contributed by atoms with Crippen LogP contribution in [0.5, 0.6) is 0 Å². The number of Topliss-reactive ketones (excluding diaryl/α,β-unsaturated/α-hetero) is 1. The summed E-state index contributed by atoms with van der Waals surface area (Å²) in [7, 11) is -20.2. The van der Waals surface area contributed by atoms with Gasteiger partial charge in [0.25, 0.3) is 0 Å². The first-order valence-corrected chi connectivity index (χ1v) is 51.3. The fraction of sp³-hybridized carbons (Fsp3) is 0.263. The zero-order valence-corrected chi connectivity index (χ0v) is 81.0. The van der Waals surface area contributed by atoms with Crippen molar-refractivity contribution in [3.63, 3.8) is 0 Å². The van der Waals surface area contributed by atoms with E-state index in [1.807, 2.05) is 84.0 Å². The predicted molar refractivity (Wildman–Crippen MR) is 503 cm³/mol. The van der Waals surface area contributed by atoms with Gasteiger partial charge in [0.15, 0.2) is 73.6 Å². The lowest BCUT2D eigenvalue weighted by Gasteiger charge is -2.26. The van der Waals surface area contributed by atoms with Gasteiger partial charge in [-0.1, -0.05) is 0 Å². The number of H-pyrrole nitrogens is 2. The zero-order chi connectivity index (χ0) is 97.6. The van der Waals surface area contributed by atoms with Crippen molar-refractivity contribution in [1.29, 1.82) is 0 Å². The van der Waals surface area contributed by atoms with Crippen LogP contribution in [0.2, 0.25) is 0 Å². The Morgan fingerprint density at radius 1 is 0.403 bits per heavy atom. The maximum atomic E-state index is 12.4. The molecule has 1 amide bonds. The number of hydrogen-bond donors (Lipinski definition) is 3. The number of fused-ring (bicyclic) bond motifs is 16. The molecule has 54 heteroatoms. The third kappa shape index (κ3) is 22.3. The lowest BCUT2D eigenvalue weighted by atomic mass is 10.2. The lowest BCUT2D eigenvalue weighted by Crippen LogP contribution is -2.40. The van der Waals surface area contributed by atoms with Crippen LogP contribution >= 0.6 is 15.9 Å². The maximum Gasteiger partial charge on any atom is 0.416 e. The number of ketones is 1. The zero-order valence-electron chi connectivity index (χ0n) is 74.5. The number of esters is 1. The van der Waals surface area contributed by atoms with Crippen molar-refractivity contribution >= 4 is 217 Å². The van der Waals surface area contributed by atoms with Crippen LogP contribution in [0.25, 0.3) is 112 Å². The monoisotopic (exact) mass is 2010 g/mol. The number of amides is 1. The van der Waals surface area contributed by atoms with Gasteiger partial charge in [-0.25, -0.2) is 159 Å². The summed E-state index contributed by atoms with van der Waals surface area (Å²) in [5.41, 5.74) is 20.6. The van der Waals surface area contributed by atoms with Gasteiger partial charge < -0.3 is 25.2 Å². The van der Waals surface area contributed by atoms with Crippen LogP contribution in [0.4, 0.5) is 16.4 Å². The van der Waals surface area contributed by atoms with Gasteiger partial charge in [0.1, 0.15) is 49.5 Å². The number of nitrogens with two attached hydrogens (primary N) is 1. The Balaban J connectivity index is 0.000000131. The summed E-state index contributed by atoms with van der Waals surface area (Å²) in [6.45, 7) is 19.4. The molecule has 20 aromatic heterocycles. The van der Waals surface area contributed by atoms with Crippen LogP contribution < -0.4 is 10.6 Å². The van der Waals surface area contributed by atoms with Crippen LogP contribution in [0.3, 0.4) is 0 Å². The minimum absolute atomic E-state index is 0.00966. The first-order valence-electron chi connectivity index (χ1n) is 39.4. The normalized spacial score (nSPS) is 12.2. The van der Waals surface area contributed by atoms with E-state index in [0.717, 1.165) is 130 Å². The molecule has 702 valence electrons. The predicted octanol–water partition coefficient (Wildman–Crippen LogP) is 8.15. The summed E-state index contributed by atoms with van der Waals surface area (Å²) in [6.07, 6.45) is 37.8. The number of imidazole rings is 4. The number of nitrogens with one attached hydrogen (secondary N) is 2. The number of carbonyl (C=O) groups excluding carboxylic acids is 3. The molecule has 0 atom stereocenters. The molecule has 0 saturated carbocycles. The van der Waals surface area contributed by atoms with Crippen molar-refractivity contribution in [2.24, 2.45) is 0 Å². The molecule has 47 nitrogen and oxygen atoms in total. The lowest BCUT2D eigenvalue weighted by molar-refractivity contribution is -0.154. The highest BCUT2D eigenvalue weighted by Crippen LogP contribution is 2.26. The van der Waals surface area contributed by atoms with E-state index >= 15 is 0 Å². The number of ether oxygens (including phenoxy) is 2. The van der Waals surface area contributed by atoms with E-state index < -0.39 is 83.4 Å². The number of halogens is 1. The third-order valence-electron chi connectivity index (χ3n) is 18.5. The Morgan fingerprint density at radius 3 is 1.26 bits per heavy atom. The molecule has 0 bridgehead atoms.